The van der Waals surface area contributed by atoms with Gasteiger partial charge in [0.15, 0.2) is 5.76 Å². The summed E-state index contributed by atoms with van der Waals surface area (Å²) in [5.74, 6) is -0.261. The van der Waals surface area contributed by atoms with E-state index in [0.29, 0.717) is 41.1 Å². The van der Waals surface area contributed by atoms with Crippen molar-refractivity contribution in [1.82, 2.24) is 5.43 Å². The van der Waals surface area contributed by atoms with Crippen LogP contribution in [0, 0.1) is 20.8 Å². The van der Waals surface area contributed by atoms with Gasteiger partial charge in [0.2, 0.25) is 5.91 Å². The minimum absolute atomic E-state index is 0.132. The van der Waals surface area contributed by atoms with Gasteiger partial charge < -0.3 is 18.9 Å². The van der Waals surface area contributed by atoms with Crippen LogP contribution in [0.5, 0.6) is 0 Å². The van der Waals surface area contributed by atoms with Gasteiger partial charge in [0.05, 0.1) is 31.1 Å². The smallest absolute Gasteiger partial charge is 0.337 e. The normalized spacial score (nSPS) is 13.8. The van der Waals surface area contributed by atoms with Crippen LogP contribution in [0.25, 0.3) is 11.0 Å². The zero-order chi connectivity index (χ0) is 27.7. The van der Waals surface area contributed by atoms with E-state index in [2.05, 4.69) is 21.9 Å². The van der Waals surface area contributed by atoms with Gasteiger partial charge in [0.1, 0.15) is 11.3 Å². The monoisotopic (exact) mass is 527 g/mol. The van der Waals surface area contributed by atoms with Gasteiger partial charge in [-0.2, -0.15) is 5.10 Å². The Kier molecular flexibility index (Phi) is 7.06. The van der Waals surface area contributed by atoms with E-state index in [1.807, 2.05) is 26.8 Å². The van der Waals surface area contributed by atoms with Crippen LogP contribution in [-0.4, -0.2) is 30.6 Å². The van der Waals surface area contributed by atoms with Crippen LogP contribution in [0.4, 0.5) is 5.69 Å². The molecule has 2 heterocycles. The lowest BCUT2D eigenvalue weighted by Gasteiger charge is -2.13. The molecule has 0 saturated carbocycles. The van der Waals surface area contributed by atoms with Crippen LogP contribution in [-0.2, 0) is 22.4 Å². The number of carbonyl (C=O) groups is 3. The summed E-state index contributed by atoms with van der Waals surface area (Å²) < 4.78 is 16.3. The lowest BCUT2D eigenvalue weighted by Crippen LogP contribution is -2.23. The van der Waals surface area contributed by atoms with Crippen molar-refractivity contribution in [3.8, 4) is 0 Å². The molecule has 0 saturated heterocycles. The molecule has 1 aliphatic carbocycles. The van der Waals surface area contributed by atoms with Crippen LogP contribution in [0.2, 0.25) is 0 Å². The van der Waals surface area contributed by atoms with Gasteiger partial charge in [-0.1, -0.05) is 6.07 Å². The van der Waals surface area contributed by atoms with E-state index in [4.69, 9.17) is 13.6 Å². The van der Waals surface area contributed by atoms with Crippen molar-refractivity contribution in [2.45, 2.75) is 46.5 Å². The highest BCUT2D eigenvalue weighted by atomic mass is 16.5. The van der Waals surface area contributed by atoms with E-state index in [0.717, 1.165) is 39.6 Å². The molecular weight excluding hydrogens is 498 g/mol. The number of fused-ring (bicyclic) bond motifs is 2. The first-order chi connectivity index (χ1) is 18.7. The van der Waals surface area contributed by atoms with Crippen LogP contribution in [0.15, 0.2) is 56.6 Å². The summed E-state index contributed by atoms with van der Waals surface area (Å²) in [7, 11) is 1.31. The van der Waals surface area contributed by atoms with Crippen LogP contribution in [0.1, 0.15) is 67.3 Å². The number of esters is 1. The van der Waals surface area contributed by atoms with Crippen molar-refractivity contribution < 1.29 is 28.0 Å². The van der Waals surface area contributed by atoms with Crippen LogP contribution < -0.4 is 10.7 Å². The highest BCUT2D eigenvalue weighted by Crippen LogP contribution is 2.31. The zero-order valence-electron chi connectivity index (χ0n) is 22.3. The molecule has 0 unspecified atom stereocenters. The summed E-state index contributed by atoms with van der Waals surface area (Å²) >= 11 is 0. The average molecular weight is 528 g/mol. The van der Waals surface area contributed by atoms with Crippen molar-refractivity contribution in [3.63, 3.8) is 0 Å². The SMILES string of the molecule is COC(=O)c1ccc(NC(=O)c2oc3c(c2C)/C(=N/NC(=O)Cc2coc4cc(C)cc(C)c24)CCC3)cc1. The molecule has 2 N–H and O–H groups in total. The lowest BCUT2D eigenvalue weighted by atomic mass is 9.93. The fourth-order valence-corrected chi connectivity index (χ4v) is 5.09. The summed E-state index contributed by atoms with van der Waals surface area (Å²) in [5, 5.41) is 8.17. The highest BCUT2D eigenvalue weighted by Gasteiger charge is 2.28. The molecule has 1 aliphatic rings. The quantitative estimate of drug-likeness (QED) is 0.256. The Morgan fingerprint density at radius 3 is 2.56 bits per heavy atom. The average Bonchev–Trinajstić information content (AvgIpc) is 3.48. The third kappa shape index (κ3) is 5.20. The van der Waals surface area contributed by atoms with Crippen LogP contribution >= 0.6 is 0 Å². The second-order valence-electron chi connectivity index (χ2n) is 9.72. The lowest BCUT2D eigenvalue weighted by molar-refractivity contribution is -0.120. The summed E-state index contributed by atoms with van der Waals surface area (Å²) in [6, 6.07) is 10.4. The Hall–Kier alpha value is -4.66. The molecule has 9 heteroatoms. The fourth-order valence-electron chi connectivity index (χ4n) is 5.09. The predicted octanol–water partition coefficient (Wildman–Crippen LogP) is 5.39. The van der Waals surface area contributed by atoms with Crippen LogP contribution in [0.3, 0.4) is 0 Å². The largest absolute Gasteiger partial charge is 0.465 e. The molecule has 39 heavy (non-hydrogen) atoms. The van der Waals surface area contributed by atoms with Gasteiger partial charge in [-0.25, -0.2) is 10.2 Å². The molecule has 0 atom stereocenters. The number of ether oxygens (including phenoxy) is 1. The number of benzene rings is 2. The van der Waals surface area contributed by atoms with Gasteiger partial charge in [-0.3, -0.25) is 9.59 Å². The maximum Gasteiger partial charge on any atom is 0.337 e. The molecule has 2 amide bonds. The number of hydrazone groups is 1. The number of hydrogen-bond donors (Lipinski definition) is 2. The fraction of sp³-hybridized carbons (Fsp3) is 0.267. The second kappa shape index (κ2) is 10.6. The molecule has 4 aromatic rings. The third-order valence-electron chi connectivity index (χ3n) is 6.86. The summed E-state index contributed by atoms with van der Waals surface area (Å²) in [6.45, 7) is 5.82. The summed E-state index contributed by atoms with van der Waals surface area (Å²) in [5.41, 5.74) is 9.40. The van der Waals surface area contributed by atoms with Crippen molar-refractivity contribution in [2.75, 3.05) is 12.4 Å². The summed E-state index contributed by atoms with van der Waals surface area (Å²) in [4.78, 5) is 37.5. The van der Waals surface area contributed by atoms with Crippen molar-refractivity contribution in [2.24, 2.45) is 5.10 Å². The van der Waals surface area contributed by atoms with E-state index >= 15 is 0 Å². The molecule has 0 aliphatic heterocycles. The van der Waals surface area contributed by atoms with Gasteiger partial charge in [0, 0.05) is 34.2 Å². The molecule has 5 rings (SSSR count). The van der Waals surface area contributed by atoms with Gasteiger partial charge >= 0.3 is 5.97 Å². The standard InChI is InChI=1S/C30H29N3O6/c1-16-12-17(2)26-20(15-38-24(26)13-16)14-25(34)33-32-22-6-5-7-23-27(22)18(3)28(39-23)29(35)31-21-10-8-19(9-11-21)30(36)37-4/h8-13,15H,5-7,14H2,1-4H3,(H,31,35)(H,33,34)/b32-22+. The van der Waals surface area contributed by atoms with E-state index < -0.39 is 11.9 Å². The molecular formula is C30H29N3O6. The molecule has 0 bridgehead atoms. The maximum absolute atomic E-state index is 13.0. The maximum atomic E-state index is 13.0. The molecule has 0 radical (unpaired) electrons. The molecule has 2 aromatic heterocycles. The van der Waals surface area contributed by atoms with Gasteiger partial charge in [-0.15, -0.1) is 0 Å². The number of aryl methyl sites for hydroxylation is 3. The Morgan fingerprint density at radius 1 is 1.05 bits per heavy atom. The number of hydrogen-bond acceptors (Lipinski definition) is 7. The third-order valence-corrected chi connectivity index (χ3v) is 6.86. The zero-order valence-corrected chi connectivity index (χ0v) is 22.3. The number of nitrogens with zero attached hydrogens (tertiary/aromatic N) is 1. The van der Waals surface area contributed by atoms with Crippen molar-refractivity contribution >= 4 is 40.2 Å². The van der Waals surface area contributed by atoms with Gasteiger partial charge in [0.25, 0.3) is 5.91 Å². The minimum atomic E-state index is -0.454. The van der Waals surface area contributed by atoms with E-state index in [-0.39, 0.29) is 18.1 Å². The molecule has 9 nitrogen and oxygen atoms in total. The Balaban J connectivity index is 1.31. The number of methoxy groups -OCH3 is 1. The first-order valence-corrected chi connectivity index (χ1v) is 12.7. The van der Waals surface area contributed by atoms with Crippen molar-refractivity contribution in [3.05, 3.63) is 87.6 Å². The number of furan rings is 2. The predicted molar refractivity (Wildman–Crippen MR) is 146 cm³/mol. The molecule has 2 aromatic carbocycles. The molecule has 200 valence electrons. The second-order valence-corrected chi connectivity index (χ2v) is 9.72. The van der Waals surface area contributed by atoms with Gasteiger partial charge in [-0.05, 0) is 75.1 Å². The first-order valence-electron chi connectivity index (χ1n) is 12.7. The van der Waals surface area contributed by atoms with Crippen molar-refractivity contribution in [1.29, 1.82) is 0 Å². The number of amides is 2. The Morgan fingerprint density at radius 2 is 1.82 bits per heavy atom. The van der Waals surface area contributed by atoms with E-state index in [9.17, 15) is 14.4 Å². The molecule has 0 fully saturated rings. The molecule has 0 spiro atoms. The number of rotatable bonds is 6. The Bertz CT molecular complexity index is 1620. The Labute approximate surface area is 225 Å². The van der Waals surface area contributed by atoms with E-state index in [1.54, 1.807) is 30.5 Å². The number of nitrogens with one attached hydrogen (secondary N) is 2. The minimum Gasteiger partial charge on any atom is -0.465 e. The topological polar surface area (TPSA) is 123 Å². The first kappa shape index (κ1) is 26.0. The summed E-state index contributed by atoms with van der Waals surface area (Å²) in [6.07, 6.45) is 3.86. The number of anilines is 1. The highest BCUT2D eigenvalue weighted by molar-refractivity contribution is 6.09. The number of carbonyl (C=O) groups excluding carboxylic acids is 3. The van der Waals surface area contributed by atoms with E-state index in [1.165, 1.54) is 7.11 Å².